The molecule has 7 nitrogen and oxygen atoms in total. The third-order valence-electron chi connectivity index (χ3n) is 5.16. The Morgan fingerprint density at radius 3 is 2.09 bits per heavy atom. The van der Waals surface area contributed by atoms with Crippen LogP contribution in [0.25, 0.3) is 17.0 Å². The monoisotopic (exact) mass is 438 g/mol. The van der Waals surface area contributed by atoms with E-state index >= 15 is 0 Å². The topological polar surface area (TPSA) is 94.6 Å². The molecule has 1 N–H and O–H groups in total. The summed E-state index contributed by atoms with van der Waals surface area (Å²) in [7, 11) is 0. The second-order valence-electron chi connectivity index (χ2n) is 7.49. The zero-order valence-electron chi connectivity index (χ0n) is 18.2. The summed E-state index contributed by atoms with van der Waals surface area (Å²) in [6.45, 7) is 8.88. The van der Waals surface area contributed by atoms with Crippen molar-refractivity contribution in [3.05, 3.63) is 87.8 Å². The number of hydrogen-bond donors (Lipinski definition) is 1. The van der Waals surface area contributed by atoms with Crippen molar-refractivity contribution in [1.29, 1.82) is 5.26 Å². The molecule has 1 aliphatic heterocycles. The van der Waals surface area contributed by atoms with E-state index in [0.29, 0.717) is 22.4 Å². The van der Waals surface area contributed by atoms with E-state index in [1.54, 1.807) is 67.6 Å². The molecule has 1 saturated heterocycles. The van der Waals surface area contributed by atoms with Gasteiger partial charge in [0.05, 0.1) is 24.7 Å². The van der Waals surface area contributed by atoms with Gasteiger partial charge in [-0.05, 0) is 35.4 Å². The number of amides is 2. The predicted octanol–water partition coefficient (Wildman–Crippen LogP) is 3.51. The molecule has 164 valence electrons. The Bertz CT molecular complexity index is 1130. The Kier molecular flexibility index (Phi) is 7.51. The van der Waals surface area contributed by atoms with Crippen molar-refractivity contribution < 1.29 is 14.4 Å². The van der Waals surface area contributed by atoms with Crippen molar-refractivity contribution in [3.63, 3.8) is 0 Å². The average Bonchev–Trinajstić information content (AvgIpc) is 2.85. The predicted molar refractivity (Wildman–Crippen MR) is 125 cm³/mol. The van der Waals surface area contributed by atoms with Gasteiger partial charge < -0.3 is 10.2 Å². The van der Waals surface area contributed by atoms with Crippen LogP contribution in [0.5, 0.6) is 0 Å². The second kappa shape index (κ2) is 10.7. The largest absolute Gasteiger partial charge is 0.347 e. The lowest BCUT2D eigenvalue weighted by Crippen LogP contribution is -2.46. The molecular weight excluding hydrogens is 416 g/mol. The van der Waals surface area contributed by atoms with Crippen molar-refractivity contribution in [3.8, 4) is 6.07 Å². The summed E-state index contributed by atoms with van der Waals surface area (Å²) in [5.41, 5.74) is 3.37. The molecule has 7 heteroatoms. The number of rotatable bonds is 5. The van der Waals surface area contributed by atoms with Crippen LogP contribution in [0.2, 0.25) is 0 Å². The van der Waals surface area contributed by atoms with Crippen LogP contribution in [-0.2, 0) is 14.4 Å². The standard InChI is InChI=1S/C26H22N4O3/c1-3-24(31)29-15-25(32)30-16-21(12-18-4-6-20(14-27)7-5-18)26(33)22(17-30)13-19-8-10-23(28-2)11-9-19/h4-13H,3,15-17H2,1H3,(H,29,31)/b21-12+,22-13+. The first-order valence-corrected chi connectivity index (χ1v) is 10.4. The number of piperidine rings is 1. The fourth-order valence-corrected chi connectivity index (χ4v) is 3.33. The van der Waals surface area contributed by atoms with Crippen LogP contribution in [0.15, 0.2) is 59.7 Å². The number of hydrogen-bond acceptors (Lipinski definition) is 4. The Morgan fingerprint density at radius 1 is 1.06 bits per heavy atom. The summed E-state index contributed by atoms with van der Waals surface area (Å²) in [4.78, 5) is 42.4. The SMILES string of the molecule is [C-]#[N+]c1ccc(/C=C2\CN(C(=O)CNC(=O)CC)C/C(=C\c3ccc(C#N)cc3)C2=O)cc1. The van der Waals surface area contributed by atoms with Gasteiger partial charge in [-0.25, -0.2) is 4.85 Å². The molecule has 0 unspecified atom stereocenters. The highest BCUT2D eigenvalue weighted by molar-refractivity contribution is 6.15. The van der Waals surface area contributed by atoms with Gasteiger partial charge in [-0.3, -0.25) is 14.4 Å². The number of nitriles is 1. The molecule has 0 saturated carbocycles. The first-order chi connectivity index (χ1) is 15.9. The van der Waals surface area contributed by atoms with Crippen molar-refractivity contribution >= 4 is 35.4 Å². The number of nitrogens with zero attached hydrogens (tertiary/aromatic N) is 3. The van der Waals surface area contributed by atoms with Crippen LogP contribution in [-0.4, -0.2) is 42.1 Å². The minimum atomic E-state index is -0.288. The molecule has 0 aliphatic carbocycles. The van der Waals surface area contributed by atoms with E-state index < -0.39 is 0 Å². The highest BCUT2D eigenvalue weighted by Crippen LogP contribution is 2.23. The third-order valence-corrected chi connectivity index (χ3v) is 5.16. The number of carbonyl (C=O) groups is 3. The molecule has 3 rings (SSSR count). The van der Waals surface area contributed by atoms with Crippen LogP contribution in [0, 0.1) is 17.9 Å². The van der Waals surface area contributed by atoms with Gasteiger partial charge in [0, 0.05) is 30.7 Å². The minimum absolute atomic E-state index is 0.119. The van der Waals surface area contributed by atoms with E-state index in [4.69, 9.17) is 11.8 Å². The molecular formula is C26H22N4O3. The molecule has 2 amide bonds. The first kappa shape index (κ1) is 23.2. The van der Waals surface area contributed by atoms with Gasteiger partial charge in [-0.15, -0.1) is 0 Å². The van der Waals surface area contributed by atoms with Crippen LogP contribution >= 0.6 is 0 Å². The van der Waals surface area contributed by atoms with Crippen LogP contribution in [0.3, 0.4) is 0 Å². The summed E-state index contributed by atoms with van der Waals surface area (Å²) in [6, 6.07) is 15.7. The van der Waals surface area contributed by atoms with Gasteiger partial charge in [0.15, 0.2) is 11.5 Å². The average molecular weight is 438 g/mol. The Labute approximate surface area is 192 Å². The van der Waals surface area contributed by atoms with Gasteiger partial charge >= 0.3 is 0 Å². The van der Waals surface area contributed by atoms with Crippen LogP contribution < -0.4 is 5.32 Å². The van der Waals surface area contributed by atoms with E-state index in [-0.39, 0.29) is 43.7 Å². The van der Waals surface area contributed by atoms with Crippen molar-refractivity contribution in [2.75, 3.05) is 19.6 Å². The summed E-state index contributed by atoms with van der Waals surface area (Å²) in [6.07, 6.45) is 3.71. The van der Waals surface area contributed by atoms with E-state index in [2.05, 4.69) is 16.2 Å². The molecule has 1 heterocycles. The molecule has 1 aliphatic rings. The van der Waals surface area contributed by atoms with E-state index in [0.717, 1.165) is 11.1 Å². The number of nitrogens with one attached hydrogen (secondary N) is 1. The molecule has 0 aromatic heterocycles. The molecule has 0 radical (unpaired) electrons. The number of Topliss-reactive ketones (excluding diaryl/α,β-unsaturated/α-hetero) is 1. The maximum absolute atomic E-state index is 13.2. The van der Waals surface area contributed by atoms with E-state index in [1.165, 1.54) is 4.90 Å². The van der Waals surface area contributed by atoms with Gasteiger partial charge in [0.25, 0.3) is 0 Å². The van der Waals surface area contributed by atoms with Crippen molar-refractivity contribution in [2.24, 2.45) is 0 Å². The second-order valence-corrected chi connectivity index (χ2v) is 7.49. The Morgan fingerprint density at radius 2 is 1.61 bits per heavy atom. The van der Waals surface area contributed by atoms with Crippen molar-refractivity contribution in [1.82, 2.24) is 10.2 Å². The maximum atomic E-state index is 13.2. The third kappa shape index (κ3) is 6.03. The summed E-state index contributed by atoms with van der Waals surface area (Å²) < 4.78 is 0. The number of carbonyl (C=O) groups excluding carboxylic acids is 3. The first-order valence-electron chi connectivity index (χ1n) is 10.4. The number of benzene rings is 2. The van der Waals surface area contributed by atoms with Gasteiger partial charge in [-0.2, -0.15) is 5.26 Å². The molecule has 0 spiro atoms. The smallest absolute Gasteiger partial charge is 0.242 e. The number of likely N-dealkylation sites (tertiary alicyclic amines) is 1. The van der Waals surface area contributed by atoms with E-state index in [1.807, 2.05) is 0 Å². The molecule has 33 heavy (non-hydrogen) atoms. The van der Waals surface area contributed by atoms with Gasteiger partial charge in [0.1, 0.15) is 0 Å². The normalized spacial score (nSPS) is 15.7. The zero-order valence-corrected chi connectivity index (χ0v) is 18.2. The van der Waals surface area contributed by atoms with Gasteiger partial charge in [0.2, 0.25) is 11.8 Å². The fraction of sp³-hybridized carbons (Fsp3) is 0.192. The molecule has 1 fully saturated rings. The van der Waals surface area contributed by atoms with Gasteiger partial charge in [-0.1, -0.05) is 43.3 Å². The van der Waals surface area contributed by atoms with Crippen LogP contribution in [0.1, 0.15) is 30.0 Å². The van der Waals surface area contributed by atoms with E-state index in [9.17, 15) is 14.4 Å². The highest BCUT2D eigenvalue weighted by atomic mass is 16.2. The molecule has 2 aromatic rings. The lowest BCUT2D eigenvalue weighted by molar-refractivity contribution is -0.133. The lowest BCUT2D eigenvalue weighted by atomic mass is 9.94. The van der Waals surface area contributed by atoms with Crippen LogP contribution in [0.4, 0.5) is 5.69 Å². The zero-order chi connectivity index (χ0) is 23.8. The molecule has 0 atom stereocenters. The molecule has 0 bridgehead atoms. The fourth-order valence-electron chi connectivity index (χ4n) is 3.33. The quantitative estimate of drug-likeness (QED) is 0.571. The summed E-state index contributed by atoms with van der Waals surface area (Å²) in [5, 5.41) is 11.6. The Hall–Kier alpha value is -4.49. The Balaban J connectivity index is 1.93. The maximum Gasteiger partial charge on any atom is 0.242 e. The molecule has 2 aromatic carbocycles. The summed E-state index contributed by atoms with van der Waals surface area (Å²) >= 11 is 0. The van der Waals surface area contributed by atoms with Crippen molar-refractivity contribution in [2.45, 2.75) is 13.3 Å². The highest BCUT2D eigenvalue weighted by Gasteiger charge is 2.29. The summed E-state index contributed by atoms with van der Waals surface area (Å²) in [5.74, 6) is -0.681. The lowest BCUT2D eigenvalue weighted by Gasteiger charge is -2.30. The minimum Gasteiger partial charge on any atom is -0.347 e. The number of ketones is 1.